The zero-order valence-corrected chi connectivity index (χ0v) is 12.1. The first-order valence-electron chi connectivity index (χ1n) is 5.47. The lowest BCUT2D eigenvalue weighted by atomic mass is 10.2. The summed E-state index contributed by atoms with van der Waals surface area (Å²) >= 11 is 3.12. The molecule has 0 radical (unpaired) electrons. The Hall–Kier alpha value is -0.790. The van der Waals surface area contributed by atoms with Crippen LogP contribution in [0.3, 0.4) is 0 Å². The molecule has 0 aliphatic rings. The Balaban J connectivity index is 2.47. The maximum absolute atomic E-state index is 11.0. The number of aromatic nitrogens is 2. The summed E-state index contributed by atoms with van der Waals surface area (Å²) in [4.78, 5) is 19.3. The van der Waals surface area contributed by atoms with Gasteiger partial charge in [0.25, 0.3) is 0 Å². The van der Waals surface area contributed by atoms with E-state index in [2.05, 4.69) is 15.3 Å². The number of carbonyl (C=O) groups is 1. The number of hydrogen-bond donors (Lipinski definition) is 2. The number of carboxylic acids is 1. The summed E-state index contributed by atoms with van der Waals surface area (Å²) in [6.45, 7) is 0.472. The highest BCUT2D eigenvalue weighted by Gasteiger charge is 2.15. The first-order chi connectivity index (χ1) is 8.67. The molecule has 0 saturated heterocycles. The minimum atomic E-state index is -0.814. The number of nitrogens with zero attached hydrogens (tertiary/aromatic N) is 2. The molecule has 5 nitrogen and oxygen atoms in total. The first-order valence-corrected chi connectivity index (χ1v) is 8.09. The monoisotopic (exact) mass is 287 g/mol. The fraction of sp³-hybridized carbons (Fsp3) is 0.545. The molecule has 1 atom stereocenters. The van der Waals surface area contributed by atoms with Gasteiger partial charge in [-0.3, -0.25) is 4.79 Å². The zero-order chi connectivity index (χ0) is 13.4. The van der Waals surface area contributed by atoms with Gasteiger partial charge in [-0.15, -0.1) is 0 Å². The highest BCUT2D eigenvalue weighted by Crippen LogP contribution is 2.07. The summed E-state index contributed by atoms with van der Waals surface area (Å²) in [5.74, 6) is 0.0111. The van der Waals surface area contributed by atoms with Crippen LogP contribution in [-0.4, -0.2) is 45.4 Å². The molecule has 1 aromatic rings. The molecule has 0 aliphatic heterocycles. The van der Waals surface area contributed by atoms with E-state index in [0.717, 1.165) is 16.5 Å². The van der Waals surface area contributed by atoms with Crippen molar-refractivity contribution in [1.82, 2.24) is 15.3 Å². The van der Waals surface area contributed by atoms with Gasteiger partial charge in [-0.25, -0.2) is 9.97 Å². The second kappa shape index (κ2) is 8.34. The minimum Gasteiger partial charge on any atom is -0.480 e. The summed E-state index contributed by atoms with van der Waals surface area (Å²) in [5, 5.41) is 12.8. The predicted octanol–water partition coefficient (Wildman–Crippen LogP) is 1.49. The quantitative estimate of drug-likeness (QED) is 0.554. The van der Waals surface area contributed by atoms with E-state index >= 15 is 0 Å². The smallest absolute Gasteiger partial charge is 0.320 e. The van der Waals surface area contributed by atoms with Crippen LogP contribution < -0.4 is 5.32 Å². The van der Waals surface area contributed by atoms with Crippen molar-refractivity contribution in [3.63, 3.8) is 0 Å². The molecule has 1 aromatic heterocycles. The van der Waals surface area contributed by atoms with E-state index in [0.29, 0.717) is 13.0 Å². The molecule has 0 bridgehead atoms. The minimum absolute atomic E-state index is 0.472. The zero-order valence-electron chi connectivity index (χ0n) is 10.4. The van der Waals surface area contributed by atoms with E-state index in [1.165, 1.54) is 11.8 Å². The van der Waals surface area contributed by atoms with Gasteiger partial charge < -0.3 is 10.4 Å². The molecule has 7 heteroatoms. The van der Waals surface area contributed by atoms with Gasteiger partial charge in [-0.2, -0.15) is 11.8 Å². The topological polar surface area (TPSA) is 75.1 Å². The van der Waals surface area contributed by atoms with Gasteiger partial charge in [0.05, 0.1) is 0 Å². The molecule has 100 valence electrons. The van der Waals surface area contributed by atoms with Crippen molar-refractivity contribution in [2.45, 2.75) is 24.2 Å². The summed E-state index contributed by atoms with van der Waals surface area (Å²) in [5.41, 5.74) is 0.892. The second-order valence-electron chi connectivity index (χ2n) is 3.63. The SMILES string of the molecule is CSCCC(NCc1cnc(SC)nc1)C(=O)O. The lowest BCUT2D eigenvalue weighted by molar-refractivity contribution is -0.139. The summed E-state index contributed by atoms with van der Waals surface area (Å²) < 4.78 is 0. The molecule has 0 fully saturated rings. The van der Waals surface area contributed by atoms with Crippen LogP contribution in [0.2, 0.25) is 0 Å². The largest absolute Gasteiger partial charge is 0.480 e. The maximum atomic E-state index is 11.0. The molecule has 18 heavy (non-hydrogen) atoms. The number of rotatable bonds is 8. The van der Waals surface area contributed by atoms with E-state index in [9.17, 15) is 4.79 Å². The van der Waals surface area contributed by atoms with Crippen molar-refractivity contribution in [3.8, 4) is 0 Å². The second-order valence-corrected chi connectivity index (χ2v) is 5.39. The van der Waals surface area contributed by atoms with E-state index in [-0.39, 0.29) is 0 Å². The molecule has 0 spiro atoms. The third kappa shape index (κ3) is 5.24. The van der Waals surface area contributed by atoms with Gasteiger partial charge in [0.2, 0.25) is 0 Å². The van der Waals surface area contributed by atoms with Crippen molar-refractivity contribution in [2.75, 3.05) is 18.3 Å². The van der Waals surface area contributed by atoms with Gasteiger partial charge in [0.15, 0.2) is 5.16 Å². The summed E-state index contributed by atoms with van der Waals surface area (Å²) in [7, 11) is 0. The molecule has 0 saturated carbocycles. The Morgan fingerprint density at radius 1 is 1.44 bits per heavy atom. The Kier molecular flexibility index (Phi) is 7.07. The van der Waals surface area contributed by atoms with Crippen LogP contribution in [0.25, 0.3) is 0 Å². The van der Waals surface area contributed by atoms with Crippen LogP contribution in [0.5, 0.6) is 0 Å². The van der Waals surface area contributed by atoms with Gasteiger partial charge >= 0.3 is 5.97 Å². The van der Waals surface area contributed by atoms with Gasteiger partial charge in [-0.1, -0.05) is 11.8 Å². The van der Waals surface area contributed by atoms with Crippen LogP contribution in [0.4, 0.5) is 0 Å². The van der Waals surface area contributed by atoms with E-state index in [1.54, 1.807) is 24.2 Å². The first kappa shape index (κ1) is 15.3. The predicted molar refractivity (Wildman–Crippen MR) is 75.1 cm³/mol. The van der Waals surface area contributed by atoms with E-state index in [4.69, 9.17) is 5.11 Å². The normalized spacial score (nSPS) is 12.3. The van der Waals surface area contributed by atoms with Crippen LogP contribution >= 0.6 is 23.5 Å². The van der Waals surface area contributed by atoms with Gasteiger partial charge in [-0.05, 0) is 24.7 Å². The Bertz CT molecular complexity index is 373. The molecular weight excluding hydrogens is 270 g/mol. The number of hydrogen-bond acceptors (Lipinski definition) is 6. The standard InChI is InChI=1S/C11H17N3O2S2/c1-17-4-3-9(10(15)16)12-5-8-6-13-11(18-2)14-7-8/h6-7,9,12H,3-5H2,1-2H3,(H,15,16). The average molecular weight is 287 g/mol. The molecular formula is C11H17N3O2S2. The molecule has 0 amide bonds. The molecule has 0 aromatic carbocycles. The van der Waals surface area contributed by atoms with Crippen LogP contribution in [-0.2, 0) is 11.3 Å². The van der Waals surface area contributed by atoms with Crippen molar-refractivity contribution < 1.29 is 9.90 Å². The third-order valence-electron chi connectivity index (χ3n) is 2.33. The van der Waals surface area contributed by atoms with Crippen LogP contribution in [0.15, 0.2) is 17.6 Å². The van der Waals surface area contributed by atoms with Crippen molar-refractivity contribution in [3.05, 3.63) is 18.0 Å². The van der Waals surface area contributed by atoms with E-state index < -0.39 is 12.0 Å². The van der Waals surface area contributed by atoms with Crippen LogP contribution in [0.1, 0.15) is 12.0 Å². The van der Waals surface area contributed by atoms with E-state index in [1.807, 2.05) is 12.5 Å². The molecule has 1 heterocycles. The lowest BCUT2D eigenvalue weighted by Gasteiger charge is -2.13. The Labute approximate surface area is 115 Å². The van der Waals surface area contributed by atoms with Gasteiger partial charge in [0.1, 0.15) is 6.04 Å². The lowest BCUT2D eigenvalue weighted by Crippen LogP contribution is -2.36. The Morgan fingerprint density at radius 2 is 2.11 bits per heavy atom. The number of nitrogens with one attached hydrogen (secondary N) is 1. The summed E-state index contributed by atoms with van der Waals surface area (Å²) in [6, 6.07) is -0.516. The van der Waals surface area contributed by atoms with Gasteiger partial charge in [0, 0.05) is 24.5 Å². The third-order valence-corrected chi connectivity index (χ3v) is 3.55. The molecule has 1 rings (SSSR count). The van der Waals surface area contributed by atoms with Crippen molar-refractivity contribution in [1.29, 1.82) is 0 Å². The van der Waals surface area contributed by atoms with Crippen molar-refractivity contribution >= 4 is 29.5 Å². The molecule has 1 unspecified atom stereocenters. The maximum Gasteiger partial charge on any atom is 0.320 e. The highest BCUT2D eigenvalue weighted by molar-refractivity contribution is 7.98. The molecule has 0 aliphatic carbocycles. The highest BCUT2D eigenvalue weighted by atomic mass is 32.2. The summed E-state index contributed by atoms with van der Waals surface area (Å²) in [6.07, 6.45) is 7.93. The fourth-order valence-corrected chi connectivity index (χ4v) is 2.12. The average Bonchev–Trinajstić information content (AvgIpc) is 2.39. The van der Waals surface area contributed by atoms with Crippen LogP contribution in [0, 0.1) is 0 Å². The number of carboxylic acid groups (broad SMARTS) is 1. The fourth-order valence-electron chi connectivity index (χ4n) is 1.33. The Morgan fingerprint density at radius 3 is 2.61 bits per heavy atom. The van der Waals surface area contributed by atoms with Crippen molar-refractivity contribution in [2.24, 2.45) is 0 Å². The number of aliphatic carboxylic acids is 1. The molecule has 2 N–H and O–H groups in total. The number of thioether (sulfide) groups is 2.